The molecule has 0 aromatic heterocycles. The monoisotopic (exact) mass is 182 g/mol. The van der Waals surface area contributed by atoms with E-state index in [9.17, 15) is 0 Å². The third-order valence-corrected chi connectivity index (χ3v) is 2.73. The zero-order chi connectivity index (χ0) is 9.68. The van der Waals surface area contributed by atoms with Crippen LogP contribution in [-0.2, 0) is 0 Å². The van der Waals surface area contributed by atoms with E-state index >= 15 is 0 Å². The van der Waals surface area contributed by atoms with E-state index in [-0.39, 0.29) is 0 Å². The molecule has 0 bridgehead atoms. The molecule has 1 N–H and O–H groups in total. The summed E-state index contributed by atoms with van der Waals surface area (Å²) in [6.07, 6.45) is 4.36. The maximum absolute atomic E-state index is 3.72. The summed E-state index contributed by atoms with van der Waals surface area (Å²) >= 11 is 0. The second-order valence-electron chi connectivity index (χ2n) is 4.11. The predicted molar refractivity (Wildman–Crippen MR) is 57.9 cm³/mol. The first-order valence-corrected chi connectivity index (χ1v) is 5.32. The summed E-state index contributed by atoms with van der Waals surface area (Å²) in [7, 11) is 0. The maximum Gasteiger partial charge on any atom is 0.0207 e. The third-order valence-electron chi connectivity index (χ3n) is 2.73. The molecule has 1 aliphatic heterocycles. The Balaban J connectivity index is 2.13. The van der Waals surface area contributed by atoms with Gasteiger partial charge in [-0.1, -0.05) is 6.08 Å². The molecule has 0 aromatic carbocycles. The Morgan fingerprint density at radius 2 is 2.38 bits per heavy atom. The van der Waals surface area contributed by atoms with E-state index in [0.717, 1.165) is 13.0 Å². The molecule has 0 radical (unpaired) electrons. The van der Waals surface area contributed by atoms with Crippen molar-refractivity contribution in [3.05, 3.63) is 12.7 Å². The van der Waals surface area contributed by atoms with Gasteiger partial charge in [-0.3, -0.25) is 4.90 Å². The van der Waals surface area contributed by atoms with Gasteiger partial charge in [0.2, 0.25) is 0 Å². The molecule has 1 aliphatic rings. The highest BCUT2D eigenvalue weighted by Gasteiger charge is 2.22. The normalized spacial score (nSPS) is 24.1. The Bertz CT molecular complexity index is 154. The molecular formula is C11H22N2. The molecule has 0 saturated carbocycles. The Kier molecular flexibility index (Phi) is 4.46. The summed E-state index contributed by atoms with van der Waals surface area (Å²) in [4.78, 5) is 2.53. The molecule has 2 heteroatoms. The minimum absolute atomic E-state index is 0.700. The fraction of sp³-hybridized carbons (Fsp3) is 0.818. The molecule has 0 aliphatic carbocycles. The van der Waals surface area contributed by atoms with E-state index in [1.54, 1.807) is 0 Å². The first-order chi connectivity index (χ1) is 6.24. The lowest BCUT2D eigenvalue weighted by Crippen LogP contribution is -2.35. The molecule has 1 fully saturated rings. The topological polar surface area (TPSA) is 15.3 Å². The first kappa shape index (κ1) is 10.7. The third kappa shape index (κ3) is 3.49. The smallest absolute Gasteiger partial charge is 0.0207 e. The zero-order valence-electron chi connectivity index (χ0n) is 8.92. The lowest BCUT2D eigenvalue weighted by atomic mass is 10.2. The Hall–Kier alpha value is -0.340. The number of likely N-dealkylation sites (tertiary alicyclic amines) is 1. The van der Waals surface area contributed by atoms with E-state index in [1.165, 1.54) is 19.5 Å². The van der Waals surface area contributed by atoms with Crippen molar-refractivity contribution in [2.75, 3.05) is 19.6 Å². The average Bonchev–Trinajstić information content (AvgIpc) is 2.53. The van der Waals surface area contributed by atoms with Crippen LogP contribution in [0.5, 0.6) is 0 Å². The Morgan fingerprint density at radius 1 is 1.62 bits per heavy atom. The lowest BCUT2D eigenvalue weighted by molar-refractivity contribution is 0.268. The molecule has 1 heterocycles. The van der Waals surface area contributed by atoms with Crippen molar-refractivity contribution in [3.8, 4) is 0 Å². The van der Waals surface area contributed by atoms with E-state index in [2.05, 4.69) is 30.6 Å². The summed E-state index contributed by atoms with van der Waals surface area (Å²) in [5, 5.41) is 3.55. The Labute approximate surface area is 82.0 Å². The molecule has 76 valence electrons. The van der Waals surface area contributed by atoms with Crippen LogP contribution in [0.1, 0.15) is 26.7 Å². The average molecular weight is 182 g/mol. The van der Waals surface area contributed by atoms with Gasteiger partial charge in [0, 0.05) is 18.6 Å². The van der Waals surface area contributed by atoms with Crippen LogP contribution in [0.3, 0.4) is 0 Å². The molecule has 1 atom stereocenters. The number of hydrogen-bond acceptors (Lipinski definition) is 2. The van der Waals surface area contributed by atoms with Gasteiger partial charge in [0.05, 0.1) is 0 Å². The molecule has 1 unspecified atom stereocenters. The van der Waals surface area contributed by atoms with Gasteiger partial charge < -0.3 is 5.32 Å². The second kappa shape index (κ2) is 5.40. The van der Waals surface area contributed by atoms with Gasteiger partial charge in [0.1, 0.15) is 0 Å². The zero-order valence-corrected chi connectivity index (χ0v) is 8.92. The highest BCUT2D eigenvalue weighted by Crippen LogP contribution is 2.11. The van der Waals surface area contributed by atoms with Crippen molar-refractivity contribution in [2.45, 2.75) is 38.8 Å². The van der Waals surface area contributed by atoms with Crippen molar-refractivity contribution in [2.24, 2.45) is 0 Å². The van der Waals surface area contributed by atoms with Crippen LogP contribution in [0, 0.1) is 0 Å². The molecule has 13 heavy (non-hydrogen) atoms. The van der Waals surface area contributed by atoms with Gasteiger partial charge in [-0.15, -0.1) is 6.58 Å². The first-order valence-electron chi connectivity index (χ1n) is 5.32. The van der Waals surface area contributed by atoms with Gasteiger partial charge in [-0.2, -0.15) is 0 Å². The molecule has 1 saturated heterocycles. The number of rotatable bonds is 5. The fourth-order valence-corrected chi connectivity index (χ4v) is 1.81. The maximum atomic E-state index is 3.72. The van der Waals surface area contributed by atoms with Crippen LogP contribution < -0.4 is 5.32 Å². The molecule has 0 spiro atoms. The minimum atomic E-state index is 0.700. The lowest BCUT2D eigenvalue weighted by Gasteiger charge is -2.20. The van der Waals surface area contributed by atoms with Gasteiger partial charge in [-0.05, 0) is 39.8 Å². The number of nitrogens with zero attached hydrogens (tertiary/aromatic N) is 1. The van der Waals surface area contributed by atoms with Crippen molar-refractivity contribution in [3.63, 3.8) is 0 Å². The summed E-state index contributed by atoms with van der Waals surface area (Å²) in [6, 6.07) is 1.41. The molecule has 2 nitrogen and oxygen atoms in total. The van der Waals surface area contributed by atoms with Gasteiger partial charge >= 0.3 is 0 Å². The van der Waals surface area contributed by atoms with Crippen molar-refractivity contribution < 1.29 is 0 Å². The number of nitrogens with one attached hydrogen (secondary N) is 1. The SMILES string of the molecule is C=CCCNC1CCN(C(C)C)C1. The van der Waals surface area contributed by atoms with Gasteiger partial charge in [-0.25, -0.2) is 0 Å². The van der Waals surface area contributed by atoms with Crippen molar-refractivity contribution >= 4 is 0 Å². The summed E-state index contributed by atoms with van der Waals surface area (Å²) in [5.74, 6) is 0. The van der Waals surface area contributed by atoms with E-state index in [0.29, 0.717) is 12.1 Å². The van der Waals surface area contributed by atoms with E-state index in [4.69, 9.17) is 0 Å². The Morgan fingerprint density at radius 3 is 2.92 bits per heavy atom. The van der Waals surface area contributed by atoms with E-state index in [1.807, 2.05) is 6.08 Å². The van der Waals surface area contributed by atoms with Gasteiger partial charge in [0.15, 0.2) is 0 Å². The molecule has 0 aromatic rings. The summed E-state index contributed by atoms with van der Waals surface area (Å²) < 4.78 is 0. The predicted octanol–water partition coefficient (Wildman–Crippen LogP) is 1.63. The van der Waals surface area contributed by atoms with Crippen molar-refractivity contribution in [1.82, 2.24) is 10.2 Å². The highest BCUT2D eigenvalue weighted by molar-refractivity contribution is 4.83. The second-order valence-corrected chi connectivity index (χ2v) is 4.11. The van der Waals surface area contributed by atoms with Crippen LogP contribution in [0.15, 0.2) is 12.7 Å². The molecule has 0 amide bonds. The van der Waals surface area contributed by atoms with Crippen LogP contribution in [0.2, 0.25) is 0 Å². The summed E-state index contributed by atoms with van der Waals surface area (Å²) in [6.45, 7) is 11.8. The molecule has 1 rings (SSSR count). The molecular weight excluding hydrogens is 160 g/mol. The van der Waals surface area contributed by atoms with Crippen molar-refractivity contribution in [1.29, 1.82) is 0 Å². The quantitative estimate of drug-likeness (QED) is 0.513. The highest BCUT2D eigenvalue weighted by atomic mass is 15.2. The standard InChI is InChI=1S/C11H22N2/c1-4-5-7-12-11-6-8-13(9-11)10(2)3/h4,10-12H,1,5-9H2,2-3H3. The van der Waals surface area contributed by atoms with Crippen LogP contribution >= 0.6 is 0 Å². The number of hydrogen-bond donors (Lipinski definition) is 1. The van der Waals surface area contributed by atoms with Crippen LogP contribution in [-0.4, -0.2) is 36.6 Å². The van der Waals surface area contributed by atoms with E-state index < -0.39 is 0 Å². The van der Waals surface area contributed by atoms with Gasteiger partial charge in [0.25, 0.3) is 0 Å². The fourth-order valence-electron chi connectivity index (χ4n) is 1.81. The summed E-state index contributed by atoms with van der Waals surface area (Å²) in [5.41, 5.74) is 0. The minimum Gasteiger partial charge on any atom is -0.312 e. The van der Waals surface area contributed by atoms with Crippen LogP contribution in [0.4, 0.5) is 0 Å². The van der Waals surface area contributed by atoms with Crippen LogP contribution in [0.25, 0.3) is 0 Å². The largest absolute Gasteiger partial charge is 0.312 e.